The second-order valence-electron chi connectivity index (χ2n) is 4.02. The van der Waals surface area contributed by atoms with Crippen LogP contribution in [0.4, 0.5) is 5.69 Å². The molecule has 1 aromatic carbocycles. The number of anilines is 1. The van der Waals surface area contributed by atoms with Crippen molar-refractivity contribution < 1.29 is 9.53 Å². The number of benzene rings is 1. The van der Waals surface area contributed by atoms with Gasteiger partial charge in [0, 0.05) is 11.0 Å². The van der Waals surface area contributed by atoms with Crippen LogP contribution >= 0.6 is 22.6 Å². The van der Waals surface area contributed by atoms with E-state index in [1.165, 1.54) is 0 Å². The molecule has 0 saturated heterocycles. The molecule has 2 rings (SSSR count). The number of carbonyl (C=O) groups is 1. The van der Waals surface area contributed by atoms with Crippen LogP contribution in [-0.2, 0) is 4.79 Å². The van der Waals surface area contributed by atoms with Crippen LogP contribution in [-0.4, -0.2) is 23.5 Å². The normalized spacial score (nSPS) is 16.6. The summed E-state index contributed by atoms with van der Waals surface area (Å²) in [6.07, 6.45) is 0. The summed E-state index contributed by atoms with van der Waals surface area (Å²) >= 11 is 2.35. The SMILES string of the molecule is C[C@H](CI)CN1C(=O)COc2ccccc21. The molecule has 1 amide bonds. The molecule has 1 aromatic rings. The predicted octanol–water partition coefficient (Wildman–Crippen LogP) is 2.48. The van der Waals surface area contributed by atoms with E-state index in [0.29, 0.717) is 5.92 Å². The van der Waals surface area contributed by atoms with Gasteiger partial charge < -0.3 is 9.64 Å². The first-order chi connectivity index (χ1) is 7.72. The van der Waals surface area contributed by atoms with Crippen LogP contribution in [0.25, 0.3) is 0 Å². The van der Waals surface area contributed by atoms with E-state index in [1.54, 1.807) is 0 Å². The third-order valence-corrected chi connectivity index (χ3v) is 4.07. The number of hydrogen-bond acceptors (Lipinski definition) is 2. The molecule has 1 atom stereocenters. The predicted molar refractivity (Wildman–Crippen MR) is 72.3 cm³/mol. The minimum absolute atomic E-state index is 0.0513. The van der Waals surface area contributed by atoms with Gasteiger partial charge in [0.25, 0.3) is 5.91 Å². The zero-order valence-electron chi connectivity index (χ0n) is 9.15. The van der Waals surface area contributed by atoms with E-state index in [0.717, 1.165) is 22.4 Å². The van der Waals surface area contributed by atoms with Crippen molar-refractivity contribution >= 4 is 34.2 Å². The lowest BCUT2D eigenvalue weighted by Crippen LogP contribution is -2.41. The molecule has 0 aliphatic carbocycles. The minimum atomic E-state index is 0.0513. The Morgan fingerprint density at radius 1 is 1.50 bits per heavy atom. The van der Waals surface area contributed by atoms with E-state index in [4.69, 9.17) is 4.74 Å². The molecule has 4 heteroatoms. The summed E-state index contributed by atoms with van der Waals surface area (Å²) in [6.45, 7) is 3.07. The zero-order chi connectivity index (χ0) is 11.5. The van der Waals surface area contributed by atoms with E-state index in [9.17, 15) is 4.79 Å². The van der Waals surface area contributed by atoms with Crippen LogP contribution in [0.5, 0.6) is 5.75 Å². The lowest BCUT2D eigenvalue weighted by atomic mass is 10.1. The highest BCUT2D eigenvalue weighted by atomic mass is 127. The first-order valence-electron chi connectivity index (χ1n) is 5.30. The van der Waals surface area contributed by atoms with Crippen molar-refractivity contribution in [1.29, 1.82) is 0 Å². The van der Waals surface area contributed by atoms with Crippen molar-refractivity contribution in [3.63, 3.8) is 0 Å². The van der Waals surface area contributed by atoms with Crippen molar-refractivity contribution in [3.05, 3.63) is 24.3 Å². The quantitative estimate of drug-likeness (QED) is 0.629. The number of nitrogens with zero attached hydrogens (tertiary/aromatic N) is 1. The maximum Gasteiger partial charge on any atom is 0.265 e. The average Bonchev–Trinajstić information content (AvgIpc) is 2.32. The molecular formula is C12H14INO2. The molecule has 0 N–H and O–H groups in total. The maximum atomic E-state index is 11.8. The molecule has 16 heavy (non-hydrogen) atoms. The highest BCUT2D eigenvalue weighted by molar-refractivity contribution is 14.1. The highest BCUT2D eigenvalue weighted by Gasteiger charge is 2.25. The van der Waals surface area contributed by atoms with Gasteiger partial charge in [-0.3, -0.25) is 4.79 Å². The summed E-state index contributed by atoms with van der Waals surface area (Å²) < 4.78 is 6.43. The van der Waals surface area contributed by atoms with Crippen molar-refractivity contribution in [2.45, 2.75) is 6.92 Å². The van der Waals surface area contributed by atoms with Crippen LogP contribution < -0.4 is 9.64 Å². The molecule has 1 aliphatic rings. The van der Waals surface area contributed by atoms with Crippen LogP contribution in [0, 0.1) is 5.92 Å². The number of hydrogen-bond donors (Lipinski definition) is 0. The van der Waals surface area contributed by atoms with Crippen molar-refractivity contribution in [3.8, 4) is 5.75 Å². The van der Waals surface area contributed by atoms with Crippen LogP contribution in [0.3, 0.4) is 0 Å². The molecule has 0 radical (unpaired) electrons. The second kappa shape index (κ2) is 5.03. The lowest BCUT2D eigenvalue weighted by Gasteiger charge is -2.30. The Bertz CT molecular complexity index is 394. The maximum absolute atomic E-state index is 11.8. The fraction of sp³-hybridized carbons (Fsp3) is 0.417. The summed E-state index contributed by atoms with van der Waals surface area (Å²) in [4.78, 5) is 13.6. The monoisotopic (exact) mass is 331 g/mol. The van der Waals surface area contributed by atoms with Crippen LogP contribution in [0.2, 0.25) is 0 Å². The number of carbonyl (C=O) groups excluding carboxylic acids is 1. The first kappa shape index (κ1) is 11.7. The fourth-order valence-electron chi connectivity index (χ4n) is 1.71. The average molecular weight is 331 g/mol. The Labute approximate surface area is 109 Å². The standard InChI is InChI=1S/C12H14INO2/c1-9(6-13)7-14-10-4-2-3-5-11(10)16-8-12(14)15/h2-5,9H,6-8H2,1H3/t9-/m1/s1. The molecule has 0 unspecified atom stereocenters. The van der Waals surface area contributed by atoms with Gasteiger partial charge in [-0.2, -0.15) is 0 Å². The molecule has 1 heterocycles. The van der Waals surface area contributed by atoms with E-state index >= 15 is 0 Å². The summed E-state index contributed by atoms with van der Waals surface area (Å²) in [5.41, 5.74) is 0.899. The van der Waals surface area contributed by atoms with Gasteiger partial charge in [0.15, 0.2) is 6.61 Å². The van der Waals surface area contributed by atoms with Gasteiger partial charge in [-0.05, 0) is 18.1 Å². The van der Waals surface area contributed by atoms with E-state index in [2.05, 4.69) is 29.5 Å². The Hall–Kier alpha value is -0.780. The molecule has 1 aliphatic heterocycles. The number of halogens is 1. The number of fused-ring (bicyclic) bond motifs is 1. The van der Waals surface area contributed by atoms with Gasteiger partial charge >= 0.3 is 0 Å². The van der Waals surface area contributed by atoms with Gasteiger partial charge in [0.1, 0.15) is 5.75 Å². The van der Waals surface area contributed by atoms with Gasteiger partial charge in [0.05, 0.1) is 5.69 Å². The fourth-order valence-corrected chi connectivity index (χ4v) is 1.99. The number of alkyl halides is 1. The molecular weight excluding hydrogens is 317 g/mol. The third-order valence-electron chi connectivity index (χ3n) is 2.57. The lowest BCUT2D eigenvalue weighted by molar-refractivity contribution is -0.121. The largest absolute Gasteiger partial charge is 0.482 e. The molecule has 0 bridgehead atoms. The first-order valence-corrected chi connectivity index (χ1v) is 6.83. The molecule has 3 nitrogen and oxygen atoms in total. The van der Waals surface area contributed by atoms with E-state index in [-0.39, 0.29) is 12.5 Å². The number of amides is 1. The van der Waals surface area contributed by atoms with Crippen molar-refractivity contribution in [2.24, 2.45) is 5.92 Å². The van der Waals surface area contributed by atoms with Gasteiger partial charge in [-0.25, -0.2) is 0 Å². The van der Waals surface area contributed by atoms with Gasteiger partial charge in [-0.15, -0.1) is 0 Å². The summed E-state index contributed by atoms with van der Waals surface area (Å²) in [6, 6.07) is 7.70. The number of ether oxygens (including phenoxy) is 1. The van der Waals surface area contributed by atoms with Crippen LogP contribution in [0.1, 0.15) is 6.92 Å². The highest BCUT2D eigenvalue weighted by Crippen LogP contribution is 2.31. The molecule has 0 spiro atoms. The summed E-state index contributed by atoms with van der Waals surface area (Å²) in [5, 5.41) is 0. The summed E-state index contributed by atoms with van der Waals surface area (Å²) in [7, 11) is 0. The smallest absolute Gasteiger partial charge is 0.265 e. The summed E-state index contributed by atoms with van der Waals surface area (Å²) in [5.74, 6) is 1.36. The molecule has 0 fully saturated rings. The van der Waals surface area contributed by atoms with Crippen molar-refractivity contribution in [2.75, 3.05) is 22.5 Å². The van der Waals surface area contributed by atoms with Crippen LogP contribution in [0.15, 0.2) is 24.3 Å². The van der Waals surface area contributed by atoms with Crippen molar-refractivity contribution in [1.82, 2.24) is 0 Å². The van der Waals surface area contributed by atoms with E-state index in [1.807, 2.05) is 29.2 Å². The number of para-hydroxylation sites is 2. The zero-order valence-corrected chi connectivity index (χ0v) is 11.3. The van der Waals surface area contributed by atoms with Gasteiger partial charge in [-0.1, -0.05) is 41.6 Å². The van der Waals surface area contributed by atoms with E-state index < -0.39 is 0 Å². The number of rotatable bonds is 3. The Morgan fingerprint density at radius 2 is 2.25 bits per heavy atom. The molecule has 0 aromatic heterocycles. The Kier molecular flexibility index (Phi) is 3.68. The van der Waals surface area contributed by atoms with Gasteiger partial charge in [0.2, 0.25) is 0 Å². The minimum Gasteiger partial charge on any atom is -0.482 e. The second-order valence-corrected chi connectivity index (χ2v) is 4.90. The molecule has 86 valence electrons. The Balaban J connectivity index is 2.26. The Morgan fingerprint density at radius 3 is 3.00 bits per heavy atom. The topological polar surface area (TPSA) is 29.5 Å². The third kappa shape index (κ3) is 2.31. The molecule has 0 saturated carbocycles.